The van der Waals surface area contributed by atoms with Gasteiger partial charge >= 0.3 is 0 Å². The molecule has 6 nitrogen and oxygen atoms in total. The molecule has 2 rings (SSSR count). The van der Waals surface area contributed by atoms with Crippen LogP contribution < -0.4 is 5.32 Å². The third-order valence-electron chi connectivity index (χ3n) is 3.55. The monoisotopic (exact) mass is 322 g/mol. The minimum atomic E-state index is -0.383. The maximum Gasteiger partial charge on any atom is 0.257 e. The molecule has 0 bridgehead atoms. The molecule has 1 aromatic carbocycles. The second-order valence-corrected chi connectivity index (χ2v) is 5.09. The van der Waals surface area contributed by atoms with Crippen LogP contribution in [0, 0.1) is 11.3 Å². The van der Waals surface area contributed by atoms with Crippen LogP contribution in [-0.4, -0.2) is 34.8 Å². The first kappa shape index (κ1) is 17.2. The van der Waals surface area contributed by atoms with E-state index in [-0.39, 0.29) is 17.4 Å². The summed E-state index contributed by atoms with van der Waals surface area (Å²) in [6.07, 6.45) is 2.86. The molecule has 1 aromatic heterocycles. The zero-order valence-corrected chi connectivity index (χ0v) is 13.6. The van der Waals surface area contributed by atoms with Crippen molar-refractivity contribution in [3.63, 3.8) is 0 Å². The predicted molar refractivity (Wildman–Crippen MR) is 90.6 cm³/mol. The predicted octanol–water partition coefficient (Wildman–Crippen LogP) is 2.69. The van der Waals surface area contributed by atoms with Gasteiger partial charge in [0.2, 0.25) is 0 Å². The third kappa shape index (κ3) is 3.96. The van der Waals surface area contributed by atoms with Crippen molar-refractivity contribution in [2.45, 2.75) is 13.8 Å². The van der Waals surface area contributed by atoms with E-state index < -0.39 is 0 Å². The minimum Gasteiger partial charge on any atom is -0.339 e. The number of pyridine rings is 1. The fraction of sp³-hybridized carbons (Fsp3) is 0.222. The first-order valence-corrected chi connectivity index (χ1v) is 7.64. The number of rotatable bonds is 5. The van der Waals surface area contributed by atoms with E-state index in [0.29, 0.717) is 29.9 Å². The number of anilines is 1. The van der Waals surface area contributed by atoms with Crippen LogP contribution in [0.3, 0.4) is 0 Å². The van der Waals surface area contributed by atoms with Crippen molar-refractivity contribution >= 4 is 17.5 Å². The Morgan fingerprint density at radius 2 is 1.88 bits per heavy atom. The van der Waals surface area contributed by atoms with E-state index >= 15 is 0 Å². The van der Waals surface area contributed by atoms with E-state index in [1.54, 1.807) is 29.2 Å². The van der Waals surface area contributed by atoms with Crippen LogP contribution in [0.25, 0.3) is 0 Å². The number of nitrogens with one attached hydrogen (secondary N) is 1. The van der Waals surface area contributed by atoms with Crippen LogP contribution in [-0.2, 0) is 0 Å². The molecule has 0 radical (unpaired) electrons. The zero-order chi connectivity index (χ0) is 17.5. The lowest BCUT2D eigenvalue weighted by molar-refractivity contribution is 0.0772. The van der Waals surface area contributed by atoms with Crippen molar-refractivity contribution < 1.29 is 9.59 Å². The number of carbonyl (C=O) groups excluding carboxylic acids is 2. The van der Waals surface area contributed by atoms with Crippen LogP contribution in [0.2, 0.25) is 0 Å². The highest BCUT2D eigenvalue weighted by Gasteiger charge is 2.15. The van der Waals surface area contributed by atoms with E-state index in [2.05, 4.69) is 10.3 Å². The lowest BCUT2D eigenvalue weighted by Crippen LogP contribution is -2.30. The van der Waals surface area contributed by atoms with Crippen LogP contribution in [0.15, 0.2) is 42.7 Å². The number of amides is 2. The first-order valence-electron chi connectivity index (χ1n) is 7.64. The van der Waals surface area contributed by atoms with Crippen molar-refractivity contribution in [2.24, 2.45) is 0 Å². The van der Waals surface area contributed by atoms with E-state index in [1.165, 1.54) is 18.5 Å². The normalized spacial score (nSPS) is 9.88. The van der Waals surface area contributed by atoms with Gasteiger partial charge in [-0.25, -0.2) is 0 Å². The molecular formula is C18H18N4O2. The highest BCUT2D eigenvalue weighted by atomic mass is 16.2. The summed E-state index contributed by atoms with van der Waals surface area (Å²) < 4.78 is 0. The summed E-state index contributed by atoms with van der Waals surface area (Å²) >= 11 is 0. The Labute approximate surface area is 140 Å². The largest absolute Gasteiger partial charge is 0.339 e. The maximum absolute atomic E-state index is 12.3. The highest BCUT2D eigenvalue weighted by molar-refractivity contribution is 6.05. The molecule has 1 heterocycles. The molecule has 122 valence electrons. The number of benzene rings is 1. The van der Waals surface area contributed by atoms with Gasteiger partial charge in [-0.05, 0) is 38.1 Å². The zero-order valence-electron chi connectivity index (χ0n) is 13.6. The van der Waals surface area contributed by atoms with Gasteiger partial charge in [0, 0.05) is 31.2 Å². The summed E-state index contributed by atoms with van der Waals surface area (Å²) in [6.45, 7) is 4.97. The number of carbonyl (C=O) groups is 2. The Hall–Kier alpha value is -3.20. The number of nitriles is 1. The topological polar surface area (TPSA) is 86.1 Å². The molecular weight excluding hydrogens is 304 g/mol. The van der Waals surface area contributed by atoms with E-state index in [1.807, 2.05) is 19.9 Å². The lowest BCUT2D eigenvalue weighted by Gasteiger charge is -2.18. The van der Waals surface area contributed by atoms with Gasteiger partial charge < -0.3 is 10.2 Å². The van der Waals surface area contributed by atoms with Gasteiger partial charge in [0.1, 0.15) is 0 Å². The standard InChI is InChI=1S/C18H18N4O2/c1-3-22(4-2)18(24)15-9-14(11-20-12-15)17(23)21-16-7-5-6-13(8-16)10-19/h5-9,11-12H,3-4H2,1-2H3,(H,21,23). The van der Waals surface area contributed by atoms with E-state index in [9.17, 15) is 9.59 Å². The lowest BCUT2D eigenvalue weighted by atomic mass is 10.1. The number of aromatic nitrogens is 1. The summed E-state index contributed by atoms with van der Waals surface area (Å²) in [5.74, 6) is -0.541. The molecule has 0 aliphatic heterocycles. The van der Waals surface area contributed by atoms with Crippen LogP contribution in [0.1, 0.15) is 40.1 Å². The third-order valence-corrected chi connectivity index (χ3v) is 3.55. The molecule has 6 heteroatoms. The number of hydrogen-bond acceptors (Lipinski definition) is 4. The summed E-state index contributed by atoms with van der Waals surface area (Å²) in [4.78, 5) is 30.3. The smallest absolute Gasteiger partial charge is 0.257 e. The highest BCUT2D eigenvalue weighted by Crippen LogP contribution is 2.13. The van der Waals surface area contributed by atoms with Crippen LogP contribution in [0.4, 0.5) is 5.69 Å². The summed E-state index contributed by atoms with van der Waals surface area (Å²) in [5, 5.41) is 11.6. The first-order chi connectivity index (χ1) is 11.6. The Kier molecular flexibility index (Phi) is 5.63. The molecule has 0 saturated heterocycles. The Balaban J connectivity index is 2.20. The Morgan fingerprint density at radius 3 is 2.54 bits per heavy atom. The number of nitrogens with zero attached hydrogens (tertiary/aromatic N) is 3. The van der Waals surface area contributed by atoms with Gasteiger partial charge in [-0.3, -0.25) is 14.6 Å². The quantitative estimate of drug-likeness (QED) is 0.917. The average Bonchev–Trinajstić information content (AvgIpc) is 2.63. The summed E-state index contributed by atoms with van der Waals surface area (Å²) in [6, 6.07) is 10.2. The molecule has 2 amide bonds. The second kappa shape index (κ2) is 7.88. The van der Waals surface area contributed by atoms with Gasteiger partial charge in [-0.2, -0.15) is 5.26 Å². The molecule has 24 heavy (non-hydrogen) atoms. The fourth-order valence-electron chi connectivity index (χ4n) is 2.24. The van der Waals surface area contributed by atoms with Gasteiger partial charge in [0.05, 0.1) is 22.8 Å². The van der Waals surface area contributed by atoms with Gasteiger partial charge in [0.15, 0.2) is 0 Å². The van der Waals surface area contributed by atoms with Crippen molar-refractivity contribution in [1.29, 1.82) is 5.26 Å². The van der Waals surface area contributed by atoms with Gasteiger partial charge in [-0.1, -0.05) is 6.07 Å². The summed E-state index contributed by atoms with van der Waals surface area (Å²) in [5.41, 5.74) is 1.63. The molecule has 0 aliphatic carbocycles. The molecule has 0 aliphatic rings. The van der Waals surface area contributed by atoms with Crippen LogP contribution >= 0.6 is 0 Å². The van der Waals surface area contributed by atoms with Crippen molar-refractivity contribution in [1.82, 2.24) is 9.88 Å². The molecule has 0 unspecified atom stereocenters. The van der Waals surface area contributed by atoms with Gasteiger partial charge in [-0.15, -0.1) is 0 Å². The fourth-order valence-corrected chi connectivity index (χ4v) is 2.24. The van der Waals surface area contributed by atoms with Crippen molar-refractivity contribution in [2.75, 3.05) is 18.4 Å². The Bertz CT molecular complexity index is 792. The molecule has 0 saturated carbocycles. The summed E-state index contributed by atoms with van der Waals surface area (Å²) in [7, 11) is 0. The average molecular weight is 322 g/mol. The maximum atomic E-state index is 12.3. The molecule has 0 spiro atoms. The second-order valence-electron chi connectivity index (χ2n) is 5.09. The van der Waals surface area contributed by atoms with Crippen molar-refractivity contribution in [3.05, 3.63) is 59.4 Å². The molecule has 0 fully saturated rings. The number of hydrogen-bond donors (Lipinski definition) is 1. The van der Waals surface area contributed by atoms with Crippen molar-refractivity contribution in [3.8, 4) is 6.07 Å². The van der Waals surface area contributed by atoms with Crippen LogP contribution in [0.5, 0.6) is 0 Å². The van der Waals surface area contributed by atoms with E-state index in [0.717, 1.165) is 0 Å². The Morgan fingerprint density at radius 1 is 1.17 bits per heavy atom. The SMILES string of the molecule is CCN(CC)C(=O)c1cncc(C(=O)Nc2cccc(C#N)c2)c1. The van der Waals surface area contributed by atoms with Gasteiger partial charge in [0.25, 0.3) is 11.8 Å². The van der Waals surface area contributed by atoms with E-state index in [4.69, 9.17) is 5.26 Å². The molecule has 0 atom stereocenters. The minimum absolute atomic E-state index is 0.159. The molecule has 2 aromatic rings. The molecule has 1 N–H and O–H groups in total.